The summed E-state index contributed by atoms with van der Waals surface area (Å²) in [6, 6.07) is 17.1. The molecule has 0 aliphatic carbocycles. The summed E-state index contributed by atoms with van der Waals surface area (Å²) in [7, 11) is 0. The van der Waals surface area contributed by atoms with Crippen LogP contribution in [0.3, 0.4) is 0 Å². The summed E-state index contributed by atoms with van der Waals surface area (Å²) in [6.45, 7) is 5.81. The first-order valence-electron chi connectivity index (χ1n) is 9.47. The fourth-order valence-electron chi connectivity index (χ4n) is 2.67. The van der Waals surface area contributed by atoms with Crippen molar-refractivity contribution in [3.8, 4) is 5.75 Å². The van der Waals surface area contributed by atoms with E-state index in [0.717, 1.165) is 24.0 Å². The normalized spacial score (nSPS) is 13.0. The summed E-state index contributed by atoms with van der Waals surface area (Å²) >= 11 is 0. The number of aromatic hydroxyl groups is 1. The van der Waals surface area contributed by atoms with Crippen molar-refractivity contribution < 1.29 is 14.6 Å². The minimum atomic E-state index is -0.150. The Labute approximate surface area is 161 Å². The molecule has 2 atom stereocenters. The second-order valence-corrected chi connectivity index (χ2v) is 7.07. The highest BCUT2D eigenvalue weighted by molar-refractivity contribution is 5.74. The Morgan fingerprint density at radius 1 is 1.04 bits per heavy atom. The molecule has 2 amide bonds. The third-order valence-electron chi connectivity index (χ3n) is 4.30. The van der Waals surface area contributed by atoms with Gasteiger partial charge in [-0.25, -0.2) is 4.79 Å². The van der Waals surface area contributed by atoms with Gasteiger partial charge in [-0.05, 0) is 48.9 Å². The second-order valence-electron chi connectivity index (χ2n) is 7.07. The number of amides is 2. The molecule has 2 unspecified atom stereocenters. The fourth-order valence-corrected chi connectivity index (χ4v) is 2.67. The quantitative estimate of drug-likeness (QED) is 0.595. The number of hydrogen-bond donors (Lipinski definition) is 3. The molecule has 0 fully saturated rings. The number of phenolic OH excluding ortho intramolecular Hbond substituents is 1. The van der Waals surface area contributed by atoms with Crippen LogP contribution in [-0.2, 0) is 17.8 Å². The number of ether oxygens (including phenoxy) is 1. The van der Waals surface area contributed by atoms with Crippen LogP contribution in [0.2, 0.25) is 0 Å². The maximum atomic E-state index is 12.0. The second kappa shape index (κ2) is 11.2. The van der Waals surface area contributed by atoms with Crippen LogP contribution in [0.25, 0.3) is 0 Å². The van der Waals surface area contributed by atoms with Crippen molar-refractivity contribution >= 4 is 6.03 Å². The van der Waals surface area contributed by atoms with Crippen LogP contribution in [-0.4, -0.2) is 30.3 Å². The summed E-state index contributed by atoms with van der Waals surface area (Å²) in [4.78, 5) is 12.0. The van der Waals surface area contributed by atoms with Crippen LogP contribution < -0.4 is 10.6 Å². The minimum Gasteiger partial charge on any atom is -0.508 e. The predicted molar refractivity (Wildman–Crippen MR) is 108 cm³/mol. The van der Waals surface area contributed by atoms with Gasteiger partial charge in [-0.1, -0.05) is 49.4 Å². The topological polar surface area (TPSA) is 70.6 Å². The van der Waals surface area contributed by atoms with Crippen LogP contribution in [0, 0.1) is 5.92 Å². The van der Waals surface area contributed by atoms with Gasteiger partial charge in [0, 0.05) is 12.6 Å². The summed E-state index contributed by atoms with van der Waals surface area (Å²) in [5.74, 6) is 0.512. The monoisotopic (exact) mass is 370 g/mol. The Kier molecular flexibility index (Phi) is 8.65. The van der Waals surface area contributed by atoms with Crippen LogP contribution in [0.5, 0.6) is 5.75 Å². The molecule has 5 heteroatoms. The smallest absolute Gasteiger partial charge is 0.315 e. The number of urea groups is 1. The molecule has 2 rings (SSSR count). The van der Waals surface area contributed by atoms with Gasteiger partial charge in [0.15, 0.2) is 0 Å². The Balaban J connectivity index is 1.56. The van der Waals surface area contributed by atoms with Gasteiger partial charge in [-0.2, -0.15) is 0 Å². The zero-order valence-corrected chi connectivity index (χ0v) is 16.2. The molecule has 0 heterocycles. The fraction of sp³-hybridized carbons (Fsp3) is 0.409. The number of carbonyl (C=O) groups excluding carboxylic acids is 1. The highest BCUT2D eigenvalue weighted by Gasteiger charge is 2.09. The summed E-state index contributed by atoms with van der Waals surface area (Å²) in [5.41, 5.74) is 2.30. The zero-order chi connectivity index (χ0) is 19.5. The molecule has 0 radical (unpaired) electrons. The standard InChI is InChI=1S/C22H30N2O3/c1-17(15-27-16-20-6-4-3-5-7-20)14-23-22(26)24-18(2)8-9-19-10-12-21(25)13-11-19/h3-7,10-13,17-18,25H,8-9,14-16H2,1-2H3,(H2,23,24,26). The van der Waals surface area contributed by atoms with Crippen LogP contribution in [0.4, 0.5) is 4.79 Å². The van der Waals surface area contributed by atoms with Crippen LogP contribution in [0.15, 0.2) is 54.6 Å². The molecule has 2 aromatic carbocycles. The number of hydrogen-bond acceptors (Lipinski definition) is 3. The van der Waals surface area contributed by atoms with Crippen molar-refractivity contribution in [3.05, 3.63) is 65.7 Å². The molecule has 5 nitrogen and oxygen atoms in total. The molecule has 0 bridgehead atoms. The highest BCUT2D eigenvalue weighted by atomic mass is 16.5. The molecule has 0 aliphatic rings. The molecule has 3 N–H and O–H groups in total. The molecule has 0 saturated heterocycles. The van der Waals surface area contributed by atoms with E-state index in [9.17, 15) is 9.90 Å². The predicted octanol–water partition coefficient (Wildman–Crippen LogP) is 3.87. The number of rotatable bonds is 10. The van der Waals surface area contributed by atoms with Crippen molar-refractivity contribution in [2.24, 2.45) is 5.92 Å². The first-order valence-corrected chi connectivity index (χ1v) is 9.47. The van der Waals surface area contributed by atoms with E-state index in [0.29, 0.717) is 19.8 Å². The van der Waals surface area contributed by atoms with E-state index in [4.69, 9.17) is 4.74 Å². The van der Waals surface area contributed by atoms with Gasteiger partial charge in [0.1, 0.15) is 5.75 Å². The largest absolute Gasteiger partial charge is 0.508 e. The lowest BCUT2D eigenvalue weighted by Gasteiger charge is -2.17. The third kappa shape index (κ3) is 8.60. The highest BCUT2D eigenvalue weighted by Crippen LogP contribution is 2.12. The van der Waals surface area contributed by atoms with E-state index >= 15 is 0 Å². The van der Waals surface area contributed by atoms with Crippen LogP contribution >= 0.6 is 0 Å². The Morgan fingerprint density at radius 3 is 2.44 bits per heavy atom. The molecule has 0 aromatic heterocycles. The van der Waals surface area contributed by atoms with Crippen LogP contribution in [0.1, 0.15) is 31.4 Å². The summed E-state index contributed by atoms with van der Waals surface area (Å²) < 4.78 is 5.70. The zero-order valence-electron chi connectivity index (χ0n) is 16.2. The van der Waals surface area contributed by atoms with E-state index in [1.807, 2.05) is 49.4 Å². The van der Waals surface area contributed by atoms with Gasteiger partial charge < -0.3 is 20.5 Å². The molecule has 0 aliphatic heterocycles. The first-order chi connectivity index (χ1) is 13.0. The number of aryl methyl sites for hydroxylation is 1. The van der Waals surface area contributed by atoms with Crippen molar-refractivity contribution in [1.82, 2.24) is 10.6 Å². The third-order valence-corrected chi connectivity index (χ3v) is 4.30. The van der Waals surface area contributed by atoms with E-state index in [2.05, 4.69) is 17.6 Å². The molecular formula is C22H30N2O3. The minimum absolute atomic E-state index is 0.0726. The van der Waals surface area contributed by atoms with E-state index in [-0.39, 0.29) is 23.7 Å². The Morgan fingerprint density at radius 2 is 1.74 bits per heavy atom. The van der Waals surface area contributed by atoms with Gasteiger partial charge in [-0.3, -0.25) is 0 Å². The average Bonchev–Trinajstić information content (AvgIpc) is 2.67. The first kappa shape index (κ1) is 20.8. The van der Waals surface area contributed by atoms with Crippen molar-refractivity contribution in [2.45, 2.75) is 39.3 Å². The number of carbonyl (C=O) groups is 1. The number of benzene rings is 2. The molecule has 0 saturated carbocycles. The Hall–Kier alpha value is -2.53. The van der Waals surface area contributed by atoms with Crippen molar-refractivity contribution in [3.63, 3.8) is 0 Å². The average molecular weight is 370 g/mol. The van der Waals surface area contributed by atoms with E-state index in [1.165, 1.54) is 0 Å². The van der Waals surface area contributed by atoms with E-state index in [1.54, 1.807) is 12.1 Å². The van der Waals surface area contributed by atoms with Gasteiger partial charge >= 0.3 is 6.03 Å². The SMILES string of the molecule is CC(CNC(=O)NC(C)CCc1ccc(O)cc1)COCc1ccccc1. The molecule has 146 valence electrons. The Bertz CT molecular complexity index is 674. The van der Waals surface area contributed by atoms with Gasteiger partial charge in [0.25, 0.3) is 0 Å². The van der Waals surface area contributed by atoms with Gasteiger partial charge in [0.2, 0.25) is 0 Å². The summed E-state index contributed by atoms with van der Waals surface area (Å²) in [6.07, 6.45) is 1.69. The lowest BCUT2D eigenvalue weighted by atomic mass is 10.1. The van der Waals surface area contributed by atoms with E-state index < -0.39 is 0 Å². The molecular weight excluding hydrogens is 340 g/mol. The van der Waals surface area contributed by atoms with Gasteiger partial charge in [0.05, 0.1) is 13.2 Å². The number of phenols is 1. The lowest BCUT2D eigenvalue weighted by Crippen LogP contribution is -2.42. The van der Waals surface area contributed by atoms with Gasteiger partial charge in [-0.15, -0.1) is 0 Å². The molecule has 2 aromatic rings. The number of nitrogens with one attached hydrogen (secondary N) is 2. The molecule has 0 spiro atoms. The maximum absolute atomic E-state index is 12.0. The molecule has 27 heavy (non-hydrogen) atoms. The van der Waals surface area contributed by atoms with Crippen molar-refractivity contribution in [2.75, 3.05) is 13.2 Å². The summed E-state index contributed by atoms with van der Waals surface area (Å²) in [5, 5.41) is 15.2. The maximum Gasteiger partial charge on any atom is 0.315 e. The van der Waals surface area contributed by atoms with Crippen molar-refractivity contribution in [1.29, 1.82) is 0 Å². The lowest BCUT2D eigenvalue weighted by molar-refractivity contribution is 0.0924.